The molecule has 0 aliphatic carbocycles. The van der Waals surface area contributed by atoms with E-state index >= 15 is 0 Å². The van der Waals surface area contributed by atoms with Crippen molar-refractivity contribution in [3.8, 4) is 0 Å². The van der Waals surface area contributed by atoms with Gasteiger partial charge in [-0.3, -0.25) is 18.7 Å². The number of ether oxygens (including phenoxy) is 1. The quantitative estimate of drug-likeness (QED) is 0.493. The summed E-state index contributed by atoms with van der Waals surface area (Å²) in [6.45, 7) is 3.88. The van der Waals surface area contributed by atoms with Crippen LogP contribution in [0.4, 0.5) is 0 Å². The summed E-state index contributed by atoms with van der Waals surface area (Å²) in [4.78, 5) is 54.1. The monoisotopic (exact) mass is 475 g/mol. The number of fused-ring (bicyclic) bond motifs is 1. The zero-order valence-electron chi connectivity index (χ0n) is 18.9. The molecule has 0 fully saturated rings. The molecule has 176 valence electrons. The van der Waals surface area contributed by atoms with Crippen LogP contribution in [0, 0.1) is 5.92 Å². The number of esters is 1. The zero-order valence-corrected chi connectivity index (χ0v) is 19.6. The van der Waals surface area contributed by atoms with E-state index < -0.39 is 29.2 Å². The third kappa shape index (κ3) is 5.00. The van der Waals surface area contributed by atoms with Crippen LogP contribution in [0.5, 0.6) is 0 Å². The van der Waals surface area contributed by atoms with Gasteiger partial charge in [0.1, 0.15) is 12.6 Å². The molecule has 3 rings (SSSR count). The number of imidazole rings is 1. The van der Waals surface area contributed by atoms with Gasteiger partial charge in [-0.05, 0) is 30.2 Å². The number of hydrogen-bond donors (Lipinski definition) is 1. The van der Waals surface area contributed by atoms with E-state index in [-0.39, 0.29) is 30.2 Å². The van der Waals surface area contributed by atoms with Crippen LogP contribution >= 0.6 is 11.6 Å². The lowest BCUT2D eigenvalue weighted by Gasteiger charge is -2.23. The summed E-state index contributed by atoms with van der Waals surface area (Å²) in [5.74, 6) is -1.14. The van der Waals surface area contributed by atoms with E-state index in [9.17, 15) is 19.2 Å². The van der Waals surface area contributed by atoms with Crippen molar-refractivity contribution in [1.29, 1.82) is 0 Å². The Kier molecular flexibility index (Phi) is 7.37. The first-order chi connectivity index (χ1) is 15.6. The van der Waals surface area contributed by atoms with Crippen molar-refractivity contribution in [2.45, 2.75) is 32.9 Å². The average molecular weight is 476 g/mol. The minimum atomic E-state index is -0.841. The molecule has 0 unspecified atom stereocenters. The Labute approximate surface area is 194 Å². The van der Waals surface area contributed by atoms with Crippen LogP contribution in [0.3, 0.4) is 0 Å². The Morgan fingerprint density at radius 1 is 1.15 bits per heavy atom. The molecule has 33 heavy (non-hydrogen) atoms. The highest BCUT2D eigenvalue weighted by molar-refractivity contribution is 6.30. The summed E-state index contributed by atoms with van der Waals surface area (Å²) in [5, 5.41) is 3.25. The smallest absolute Gasteiger partial charge is 0.332 e. The number of rotatable bonds is 8. The largest absolute Gasteiger partial charge is 0.462 e. The maximum Gasteiger partial charge on any atom is 0.332 e. The van der Waals surface area contributed by atoms with Gasteiger partial charge in [0.05, 0.1) is 12.9 Å². The van der Waals surface area contributed by atoms with Crippen LogP contribution in [0.1, 0.15) is 30.6 Å². The predicted molar refractivity (Wildman–Crippen MR) is 123 cm³/mol. The maximum absolute atomic E-state index is 12.8. The van der Waals surface area contributed by atoms with E-state index in [0.29, 0.717) is 17.0 Å². The molecule has 1 amide bonds. The lowest BCUT2D eigenvalue weighted by molar-refractivity contribution is -0.147. The summed E-state index contributed by atoms with van der Waals surface area (Å²) in [7, 11) is 2.92. The van der Waals surface area contributed by atoms with Crippen molar-refractivity contribution in [3.63, 3.8) is 0 Å². The summed E-state index contributed by atoms with van der Waals surface area (Å²) in [6, 6.07) is 5.51. The summed E-state index contributed by atoms with van der Waals surface area (Å²) < 4.78 is 9.25. The van der Waals surface area contributed by atoms with Gasteiger partial charge in [0.25, 0.3) is 11.5 Å². The zero-order chi connectivity index (χ0) is 24.3. The van der Waals surface area contributed by atoms with E-state index in [1.807, 2.05) is 13.8 Å². The highest BCUT2D eigenvalue weighted by Gasteiger charge is 2.28. The molecule has 11 heteroatoms. The van der Waals surface area contributed by atoms with Crippen molar-refractivity contribution < 1.29 is 14.3 Å². The number of carbonyl (C=O) groups excluding carboxylic acids is 2. The number of halogens is 1. The van der Waals surface area contributed by atoms with E-state index in [0.717, 1.165) is 4.57 Å². The second kappa shape index (κ2) is 10.0. The number of carbonyl (C=O) groups is 2. The van der Waals surface area contributed by atoms with Crippen molar-refractivity contribution >= 4 is 34.6 Å². The highest BCUT2D eigenvalue weighted by Crippen LogP contribution is 2.13. The Hall–Kier alpha value is -3.40. The van der Waals surface area contributed by atoms with Gasteiger partial charge in [-0.25, -0.2) is 14.6 Å². The van der Waals surface area contributed by atoms with E-state index in [4.69, 9.17) is 16.3 Å². The molecular formula is C22H26ClN5O5. The first-order valence-corrected chi connectivity index (χ1v) is 10.9. The number of hydrogen-bond acceptors (Lipinski definition) is 6. The van der Waals surface area contributed by atoms with Crippen LogP contribution in [0.25, 0.3) is 11.2 Å². The lowest BCUT2D eigenvalue weighted by atomic mass is 9.99. The fraction of sp³-hybridized carbons (Fsp3) is 0.409. The Morgan fingerprint density at radius 3 is 2.45 bits per heavy atom. The second-order valence-electron chi connectivity index (χ2n) is 7.83. The topological polar surface area (TPSA) is 117 Å². The van der Waals surface area contributed by atoms with Gasteiger partial charge in [-0.2, -0.15) is 0 Å². The van der Waals surface area contributed by atoms with E-state index in [2.05, 4.69) is 10.3 Å². The number of aromatic nitrogens is 4. The Morgan fingerprint density at radius 2 is 1.82 bits per heavy atom. The minimum absolute atomic E-state index is 0.0416. The number of nitrogens with one attached hydrogen (secondary N) is 1. The third-order valence-corrected chi connectivity index (χ3v) is 5.91. The number of aryl methyl sites for hydroxylation is 1. The second-order valence-corrected chi connectivity index (χ2v) is 8.26. The fourth-order valence-corrected chi connectivity index (χ4v) is 3.52. The predicted octanol–water partition coefficient (Wildman–Crippen LogP) is 1.47. The van der Waals surface area contributed by atoms with Crippen LogP contribution < -0.4 is 16.6 Å². The van der Waals surface area contributed by atoms with Gasteiger partial charge >= 0.3 is 11.7 Å². The van der Waals surface area contributed by atoms with E-state index in [1.54, 1.807) is 24.3 Å². The summed E-state index contributed by atoms with van der Waals surface area (Å²) in [5.41, 5.74) is -0.0826. The molecule has 2 aromatic heterocycles. The van der Waals surface area contributed by atoms with Crippen molar-refractivity contribution in [1.82, 2.24) is 24.0 Å². The van der Waals surface area contributed by atoms with Crippen LogP contribution in [0.15, 0.2) is 40.2 Å². The third-order valence-electron chi connectivity index (χ3n) is 5.65. The SMILES string of the molecule is CC[C@H](C)[C@H](NC(=O)c1ccc(Cl)cc1)C(=O)OCCn1cnc2c1c(=O)n(C)c(=O)n2C. The lowest BCUT2D eigenvalue weighted by Crippen LogP contribution is -2.46. The van der Waals surface area contributed by atoms with Gasteiger partial charge in [-0.15, -0.1) is 0 Å². The first-order valence-electron chi connectivity index (χ1n) is 10.5. The fourth-order valence-electron chi connectivity index (χ4n) is 3.40. The molecule has 0 aliphatic heterocycles. The van der Waals surface area contributed by atoms with Crippen molar-refractivity contribution in [2.24, 2.45) is 20.0 Å². The van der Waals surface area contributed by atoms with Crippen LogP contribution in [0.2, 0.25) is 5.02 Å². The molecule has 0 radical (unpaired) electrons. The molecular weight excluding hydrogens is 450 g/mol. The van der Waals surface area contributed by atoms with Crippen LogP contribution in [-0.2, 0) is 30.2 Å². The molecule has 0 saturated carbocycles. The van der Waals surface area contributed by atoms with E-state index in [1.165, 1.54) is 29.6 Å². The van der Waals surface area contributed by atoms with Crippen LogP contribution in [-0.4, -0.2) is 43.2 Å². The van der Waals surface area contributed by atoms with Gasteiger partial charge in [-0.1, -0.05) is 31.9 Å². The first kappa shape index (κ1) is 24.2. The van der Waals surface area contributed by atoms with Gasteiger partial charge in [0, 0.05) is 24.7 Å². The Bertz CT molecular complexity index is 1290. The number of benzene rings is 1. The molecule has 0 bridgehead atoms. The van der Waals surface area contributed by atoms with Gasteiger partial charge in [0.2, 0.25) is 0 Å². The summed E-state index contributed by atoms with van der Waals surface area (Å²) in [6.07, 6.45) is 2.07. The molecule has 1 aromatic carbocycles. The number of nitrogens with zero attached hydrogens (tertiary/aromatic N) is 4. The Balaban J connectivity index is 1.71. The highest BCUT2D eigenvalue weighted by atomic mass is 35.5. The maximum atomic E-state index is 12.8. The molecule has 0 aliphatic rings. The molecule has 0 spiro atoms. The van der Waals surface area contributed by atoms with Gasteiger partial charge in [0.15, 0.2) is 11.2 Å². The van der Waals surface area contributed by atoms with Crippen molar-refractivity contribution in [2.75, 3.05) is 6.61 Å². The normalized spacial score (nSPS) is 13.0. The number of amides is 1. The summed E-state index contributed by atoms with van der Waals surface area (Å²) >= 11 is 5.87. The minimum Gasteiger partial charge on any atom is -0.462 e. The molecule has 10 nitrogen and oxygen atoms in total. The molecule has 2 heterocycles. The molecule has 2 atom stereocenters. The molecule has 3 aromatic rings. The molecule has 1 N–H and O–H groups in total. The van der Waals surface area contributed by atoms with Crippen molar-refractivity contribution in [3.05, 3.63) is 62.0 Å². The van der Waals surface area contributed by atoms with Gasteiger partial charge < -0.3 is 14.6 Å². The standard InChI is InChI=1S/C22H26ClN5O5/c1-5-13(2)16(25-19(29)14-6-8-15(23)9-7-14)21(31)33-11-10-28-12-24-18-17(28)20(30)27(4)22(32)26(18)3/h6-9,12-13,16H,5,10-11H2,1-4H3,(H,25,29)/t13-,16-/m0/s1. The molecule has 0 saturated heterocycles. The average Bonchev–Trinajstić information content (AvgIpc) is 3.23.